The molecular formula is C13H10BrNO2. The number of halogens is 1. The molecule has 0 bridgehead atoms. The number of ether oxygens (including phenoxy) is 2. The first-order valence-electron chi connectivity index (χ1n) is 5.23. The molecule has 0 saturated heterocycles. The van der Waals surface area contributed by atoms with Crippen molar-refractivity contribution in [3.63, 3.8) is 0 Å². The van der Waals surface area contributed by atoms with Gasteiger partial charge in [0.15, 0.2) is 0 Å². The molecule has 2 heterocycles. The molecule has 3 rings (SSSR count). The maximum absolute atomic E-state index is 5.67. The van der Waals surface area contributed by atoms with Crippen LogP contribution >= 0.6 is 15.9 Å². The first-order chi connectivity index (χ1) is 8.28. The minimum Gasteiger partial charge on any atom is -0.497 e. The largest absolute Gasteiger partial charge is 0.497 e. The molecule has 0 atom stereocenters. The van der Waals surface area contributed by atoms with Gasteiger partial charge >= 0.3 is 0 Å². The third-order valence-electron chi connectivity index (χ3n) is 2.82. The van der Waals surface area contributed by atoms with Crippen LogP contribution in [0, 0.1) is 0 Å². The minimum atomic E-state index is 0.558. The molecule has 0 saturated carbocycles. The van der Waals surface area contributed by atoms with Crippen molar-refractivity contribution in [1.82, 2.24) is 4.98 Å². The van der Waals surface area contributed by atoms with Crippen LogP contribution in [0.4, 0.5) is 0 Å². The van der Waals surface area contributed by atoms with Gasteiger partial charge in [0, 0.05) is 11.1 Å². The van der Waals surface area contributed by atoms with Crippen LogP contribution in [0.15, 0.2) is 35.1 Å². The summed E-state index contributed by atoms with van der Waals surface area (Å²) in [6.45, 7) is 0.558. The van der Waals surface area contributed by atoms with Crippen molar-refractivity contribution in [3.05, 3.63) is 40.6 Å². The summed E-state index contributed by atoms with van der Waals surface area (Å²) in [6, 6.07) is 8.00. The van der Waals surface area contributed by atoms with Crippen LogP contribution in [0.2, 0.25) is 0 Å². The van der Waals surface area contributed by atoms with Gasteiger partial charge in [-0.3, -0.25) is 0 Å². The fourth-order valence-corrected chi connectivity index (χ4v) is 2.31. The molecular weight excluding hydrogens is 282 g/mol. The van der Waals surface area contributed by atoms with E-state index in [9.17, 15) is 0 Å². The highest BCUT2D eigenvalue weighted by atomic mass is 79.9. The molecule has 4 heteroatoms. The van der Waals surface area contributed by atoms with Crippen molar-refractivity contribution >= 4 is 15.9 Å². The number of fused-ring (bicyclic) bond motifs is 3. The number of aromatic nitrogens is 1. The number of nitrogens with zero attached hydrogens (tertiary/aromatic N) is 1. The van der Waals surface area contributed by atoms with Gasteiger partial charge in [-0.1, -0.05) is 6.07 Å². The summed E-state index contributed by atoms with van der Waals surface area (Å²) in [5, 5.41) is 0. The normalized spacial score (nSPS) is 12.4. The lowest BCUT2D eigenvalue weighted by Gasteiger charge is -2.21. The highest BCUT2D eigenvalue weighted by molar-refractivity contribution is 9.10. The molecule has 3 nitrogen and oxygen atoms in total. The molecule has 0 radical (unpaired) electrons. The lowest BCUT2D eigenvalue weighted by Crippen LogP contribution is -2.06. The molecule has 1 aliphatic heterocycles. The van der Waals surface area contributed by atoms with Crippen molar-refractivity contribution in [2.24, 2.45) is 0 Å². The number of rotatable bonds is 1. The maximum Gasteiger partial charge on any atom is 0.146 e. The maximum atomic E-state index is 5.67. The van der Waals surface area contributed by atoms with E-state index in [-0.39, 0.29) is 0 Å². The molecule has 0 unspecified atom stereocenters. The number of hydrogen-bond donors (Lipinski definition) is 0. The highest BCUT2D eigenvalue weighted by Crippen LogP contribution is 2.39. The fourth-order valence-electron chi connectivity index (χ4n) is 1.98. The zero-order valence-electron chi connectivity index (χ0n) is 9.24. The van der Waals surface area contributed by atoms with Crippen molar-refractivity contribution in [1.29, 1.82) is 0 Å². The van der Waals surface area contributed by atoms with Crippen molar-refractivity contribution in [3.8, 4) is 22.6 Å². The van der Waals surface area contributed by atoms with E-state index in [1.54, 1.807) is 13.3 Å². The van der Waals surface area contributed by atoms with Gasteiger partial charge in [0.05, 0.1) is 13.3 Å². The molecule has 86 valence electrons. The highest BCUT2D eigenvalue weighted by Gasteiger charge is 2.18. The molecule has 1 aliphatic rings. The zero-order valence-corrected chi connectivity index (χ0v) is 10.8. The quantitative estimate of drug-likeness (QED) is 0.755. The van der Waals surface area contributed by atoms with E-state index in [1.807, 2.05) is 18.2 Å². The SMILES string of the molecule is COc1ccc2c(c1)COc1cnc(Br)cc1-2. The van der Waals surface area contributed by atoms with Gasteiger partial charge < -0.3 is 9.47 Å². The monoisotopic (exact) mass is 291 g/mol. The van der Waals surface area contributed by atoms with Crippen LogP contribution in [0.5, 0.6) is 11.5 Å². The second-order valence-corrected chi connectivity index (χ2v) is 4.63. The summed E-state index contributed by atoms with van der Waals surface area (Å²) in [4.78, 5) is 4.17. The van der Waals surface area contributed by atoms with Crippen LogP contribution in [0.25, 0.3) is 11.1 Å². The second-order valence-electron chi connectivity index (χ2n) is 3.81. The predicted molar refractivity (Wildman–Crippen MR) is 68.3 cm³/mol. The van der Waals surface area contributed by atoms with Crippen LogP contribution in [0.3, 0.4) is 0 Å². The average Bonchev–Trinajstić information content (AvgIpc) is 2.37. The van der Waals surface area contributed by atoms with Gasteiger partial charge in [0.1, 0.15) is 22.7 Å². The van der Waals surface area contributed by atoms with E-state index in [0.29, 0.717) is 6.61 Å². The van der Waals surface area contributed by atoms with Crippen LogP contribution in [-0.4, -0.2) is 12.1 Å². The van der Waals surface area contributed by atoms with E-state index < -0.39 is 0 Å². The Hall–Kier alpha value is -1.55. The number of methoxy groups -OCH3 is 1. The first-order valence-corrected chi connectivity index (χ1v) is 6.03. The Labute approximate surface area is 108 Å². The molecule has 2 aromatic rings. The van der Waals surface area contributed by atoms with Gasteiger partial charge in [-0.25, -0.2) is 4.98 Å². The molecule has 0 amide bonds. The Morgan fingerprint density at radius 1 is 1.29 bits per heavy atom. The van der Waals surface area contributed by atoms with Crippen LogP contribution in [-0.2, 0) is 6.61 Å². The third-order valence-corrected chi connectivity index (χ3v) is 3.25. The molecule has 0 aliphatic carbocycles. The van der Waals surface area contributed by atoms with Gasteiger partial charge in [0.2, 0.25) is 0 Å². The molecule has 0 spiro atoms. The van der Waals surface area contributed by atoms with Crippen molar-refractivity contribution in [2.45, 2.75) is 6.61 Å². The lowest BCUT2D eigenvalue weighted by atomic mass is 9.98. The van der Waals surface area contributed by atoms with E-state index in [0.717, 1.165) is 27.2 Å². The fraction of sp³-hybridized carbons (Fsp3) is 0.154. The minimum absolute atomic E-state index is 0.558. The Kier molecular flexibility index (Phi) is 2.52. The molecule has 1 aromatic heterocycles. The first kappa shape index (κ1) is 10.6. The van der Waals surface area contributed by atoms with E-state index >= 15 is 0 Å². The standard InChI is InChI=1S/C13H10BrNO2/c1-16-9-2-3-10-8(4-9)7-17-12-6-15-13(14)5-11(10)12/h2-6H,7H2,1H3. The molecule has 17 heavy (non-hydrogen) atoms. The van der Waals surface area contributed by atoms with E-state index in [4.69, 9.17) is 9.47 Å². The third kappa shape index (κ3) is 1.78. The number of hydrogen-bond acceptors (Lipinski definition) is 3. The van der Waals surface area contributed by atoms with E-state index in [2.05, 4.69) is 27.0 Å². The number of pyridine rings is 1. The van der Waals surface area contributed by atoms with E-state index in [1.165, 1.54) is 5.56 Å². The van der Waals surface area contributed by atoms with Gasteiger partial charge in [-0.15, -0.1) is 0 Å². The summed E-state index contributed by atoms with van der Waals surface area (Å²) in [5.41, 5.74) is 3.38. The Morgan fingerprint density at radius 3 is 3.00 bits per heavy atom. The van der Waals surface area contributed by atoms with Gasteiger partial charge in [0.25, 0.3) is 0 Å². The Bertz CT molecular complexity index is 584. The van der Waals surface area contributed by atoms with Crippen LogP contribution < -0.4 is 9.47 Å². The summed E-state index contributed by atoms with van der Waals surface area (Å²) in [7, 11) is 1.67. The average molecular weight is 292 g/mol. The lowest BCUT2D eigenvalue weighted by molar-refractivity contribution is 0.300. The molecule has 1 aromatic carbocycles. The van der Waals surface area contributed by atoms with Gasteiger partial charge in [-0.05, 0) is 39.7 Å². The summed E-state index contributed by atoms with van der Waals surface area (Å²) >= 11 is 3.38. The summed E-state index contributed by atoms with van der Waals surface area (Å²) in [6.07, 6.45) is 1.74. The predicted octanol–water partition coefficient (Wildman–Crippen LogP) is 3.41. The molecule has 0 fully saturated rings. The molecule has 0 N–H and O–H groups in total. The summed E-state index contributed by atoms with van der Waals surface area (Å²) < 4.78 is 11.7. The van der Waals surface area contributed by atoms with Crippen molar-refractivity contribution < 1.29 is 9.47 Å². The second kappa shape index (κ2) is 4.04. The van der Waals surface area contributed by atoms with Crippen LogP contribution in [0.1, 0.15) is 5.56 Å². The smallest absolute Gasteiger partial charge is 0.146 e. The Balaban J connectivity index is 2.19. The van der Waals surface area contributed by atoms with Crippen molar-refractivity contribution in [2.75, 3.05) is 7.11 Å². The summed E-state index contributed by atoms with van der Waals surface area (Å²) in [5.74, 6) is 1.68. The Morgan fingerprint density at radius 2 is 2.18 bits per heavy atom. The number of benzene rings is 1. The zero-order chi connectivity index (χ0) is 11.8. The van der Waals surface area contributed by atoms with Gasteiger partial charge in [-0.2, -0.15) is 0 Å². The topological polar surface area (TPSA) is 31.4 Å².